The van der Waals surface area contributed by atoms with Crippen LogP contribution in [0, 0.1) is 16.4 Å². The number of halogens is 1. The van der Waals surface area contributed by atoms with E-state index in [1.165, 1.54) is 46.9 Å². The maximum Gasteiger partial charge on any atom is 0.0353 e. The molecule has 1 saturated carbocycles. The number of hydrogen-bond acceptors (Lipinski definition) is 1. The minimum atomic E-state index is 0.687. The molecule has 1 aliphatic rings. The van der Waals surface area contributed by atoms with Crippen LogP contribution in [0.15, 0.2) is 18.2 Å². The van der Waals surface area contributed by atoms with Crippen molar-refractivity contribution in [1.82, 2.24) is 0 Å². The second kappa shape index (κ2) is 6.07. The van der Waals surface area contributed by atoms with Crippen molar-refractivity contribution < 1.29 is 0 Å². The van der Waals surface area contributed by atoms with Gasteiger partial charge in [-0.05, 0) is 66.0 Å². The fourth-order valence-corrected chi connectivity index (χ4v) is 3.30. The van der Waals surface area contributed by atoms with Crippen molar-refractivity contribution >= 4 is 28.3 Å². The highest BCUT2D eigenvalue weighted by atomic mass is 127. The van der Waals surface area contributed by atoms with Gasteiger partial charge in [-0.3, -0.25) is 0 Å². The Morgan fingerprint density at radius 2 is 2.06 bits per heavy atom. The number of aryl methyl sites for hydroxylation is 1. The van der Waals surface area contributed by atoms with E-state index in [0.29, 0.717) is 6.04 Å². The molecule has 1 aromatic carbocycles. The van der Waals surface area contributed by atoms with Gasteiger partial charge in [-0.15, -0.1) is 0 Å². The lowest BCUT2D eigenvalue weighted by Gasteiger charge is -2.32. The van der Waals surface area contributed by atoms with Gasteiger partial charge in [0, 0.05) is 15.3 Å². The summed E-state index contributed by atoms with van der Waals surface area (Å²) in [6, 6.07) is 7.40. The van der Waals surface area contributed by atoms with E-state index in [1.807, 2.05) is 0 Å². The number of anilines is 1. The Balaban J connectivity index is 2.05. The summed E-state index contributed by atoms with van der Waals surface area (Å²) in [6.07, 6.45) is 6.85. The summed E-state index contributed by atoms with van der Waals surface area (Å²) in [5, 5.41) is 3.75. The van der Waals surface area contributed by atoms with E-state index < -0.39 is 0 Å². The lowest BCUT2D eigenvalue weighted by Crippen LogP contribution is -2.31. The quantitative estimate of drug-likeness (QED) is 0.763. The number of hydrogen-bond donors (Lipinski definition) is 1. The van der Waals surface area contributed by atoms with Gasteiger partial charge in [-0.2, -0.15) is 0 Å². The first-order chi connectivity index (χ1) is 8.20. The van der Waals surface area contributed by atoms with E-state index in [-0.39, 0.29) is 0 Å². The second-order valence-electron chi connectivity index (χ2n) is 5.17. The average Bonchev–Trinajstić information content (AvgIpc) is 2.34. The topological polar surface area (TPSA) is 12.0 Å². The van der Waals surface area contributed by atoms with Gasteiger partial charge in [0.1, 0.15) is 0 Å². The van der Waals surface area contributed by atoms with Crippen molar-refractivity contribution in [3.8, 4) is 0 Å². The Bertz CT molecular complexity index is 375. The summed E-state index contributed by atoms with van der Waals surface area (Å²) in [6.45, 7) is 4.49. The van der Waals surface area contributed by atoms with Gasteiger partial charge in [0.15, 0.2) is 0 Å². The van der Waals surface area contributed by atoms with Crippen LogP contribution in [0.4, 0.5) is 5.69 Å². The van der Waals surface area contributed by atoms with Gasteiger partial charge >= 0.3 is 0 Å². The van der Waals surface area contributed by atoms with Crippen molar-refractivity contribution in [1.29, 1.82) is 0 Å². The van der Waals surface area contributed by atoms with E-state index in [4.69, 9.17) is 0 Å². The molecule has 0 spiro atoms. The van der Waals surface area contributed by atoms with Gasteiger partial charge in [-0.25, -0.2) is 0 Å². The van der Waals surface area contributed by atoms with Crippen molar-refractivity contribution in [3.63, 3.8) is 0 Å². The molecule has 1 fully saturated rings. The molecule has 0 bridgehead atoms. The molecule has 2 atom stereocenters. The predicted molar refractivity (Wildman–Crippen MR) is 83.6 cm³/mol. The summed E-state index contributed by atoms with van der Waals surface area (Å²) in [5.74, 6) is 0.864. The SMILES string of the molecule is CCC1CCCCC1Nc1ccc(C)c(I)c1. The first-order valence-corrected chi connectivity index (χ1v) is 7.81. The molecular weight excluding hydrogens is 321 g/mol. The van der Waals surface area contributed by atoms with Crippen molar-refractivity contribution in [2.75, 3.05) is 5.32 Å². The fourth-order valence-electron chi connectivity index (χ4n) is 2.78. The third kappa shape index (κ3) is 3.36. The lowest BCUT2D eigenvalue weighted by molar-refractivity contribution is 0.317. The molecule has 0 radical (unpaired) electrons. The minimum absolute atomic E-state index is 0.687. The van der Waals surface area contributed by atoms with Crippen molar-refractivity contribution in [3.05, 3.63) is 27.3 Å². The Morgan fingerprint density at radius 1 is 1.29 bits per heavy atom. The number of benzene rings is 1. The molecule has 2 heteroatoms. The zero-order chi connectivity index (χ0) is 12.3. The largest absolute Gasteiger partial charge is 0.382 e. The molecule has 0 heterocycles. The maximum absolute atomic E-state index is 3.75. The molecule has 0 aliphatic heterocycles. The summed E-state index contributed by atoms with van der Waals surface area (Å²) in [5.41, 5.74) is 2.66. The van der Waals surface area contributed by atoms with Crippen molar-refractivity contribution in [2.45, 2.75) is 52.0 Å². The normalized spacial score (nSPS) is 24.6. The lowest BCUT2D eigenvalue weighted by atomic mass is 9.83. The van der Waals surface area contributed by atoms with Crippen LogP contribution in [0.3, 0.4) is 0 Å². The Kier molecular flexibility index (Phi) is 4.71. The summed E-state index contributed by atoms with van der Waals surface area (Å²) in [7, 11) is 0. The molecular formula is C15H22IN. The molecule has 94 valence electrons. The van der Waals surface area contributed by atoms with E-state index >= 15 is 0 Å². The average molecular weight is 343 g/mol. The van der Waals surface area contributed by atoms with E-state index in [1.54, 1.807) is 0 Å². The molecule has 1 N–H and O–H groups in total. The number of nitrogens with one attached hydrogen (secondary N) is 1. The van der Waals surface area contributed by atoms with Crippen LogP contribution in [0.25, 0.3) is 0 Å². The summed E-state index contributed by atoms with van der Waals surface area (Å²) >= 11 is 2.42. The van der Waals surface area contributed by atoms with E-state index in [0.717, 1.165) is 5.92 Å². The summed E-state index contributed by atoms with van der Waals surface area (Å²) in [4.78, 5) is 0. The zero-order valence-corrected chi connectivity index (χ0v) is 13.0. The fraction of sp³-hybridized carbons (Fsp3) is 0.600. The minimum Gasteiger partial charge on any atom is -0.382 e. The highest BCUT2D eigenvalue weighted by Gasteiger charge is 2.23. The predicted octanol–water partition coefficient (Wildman–Crippen LogP) is 4.98. The Labute approximate surface area is 119 Å². The van der Waals surface area contributed by atoms with Crippen LogP contribution in [0.1, 0.15) is 44.6 Å². The third-order valence-electron chi connectivity index (χ3n) is 3.96. The first kappa shape index (κ1) is 13.2. The smallest absolute Gasteiger partial charge is 0.0353 e. The van der Waals surface area contributed by atoms with Gasteiger partial charge in [0.05, 0.1) is 0 Å². The van der Waals surface area contributed by atoms with Crippen molar-refractivity contribution in [2.24, 2.45) is 5.92 Å². The van der Waals surface area contributed by atoms with Crippen LogP contribution in [0.5, 0.6) is 0 Å². The first-order valence-electron chi connectivity index (χ1n) is 6.73. The standard InChI is InChI=1S/C15H22IN/c1-3-12-6-4-5-7-15(12)17-13-9-8-11(2)14(16)10-13/h8-10,12,15,17H,3-7H2,1-2H3. The highest BCUT2D eigenvalue weighted by Crippen LogP contribution is 2.30. The molecule has 2 unspecified atom stereocenters. The molecule has 1 aliphatic carbocycles. The Hall–Kier alpha value is -0.250. The maximum atomic E-state index is 3.75. The molecule has 1 nitrogen and oxygen atoms in total. The zero-order valence-electron chi connectivity index (χ0n) is 10.8. The van der Waals surface area contributed by atoms with Gasteiger partial charge in [0.2, 0.25) is 0 Å². The van der Waals surface area contributed by atoms with E-state index in [2.05, 4.69) is 60.0 Å². The molecule has 1 aromatic rings. The molecule has 0 amide bonds. The van der Waals surface area contributed by atoms with Crippen LogP contribution in [0.2, 0.25) is 0 Å². The molecule has 2 rings (SSSR count). The Morgan fingerprint density at radius 3 is 2.76 bits per heavy atom. The summed E-state index contributed by atoms with van der Waals surface area (Å²) < 4.78 is 1.36. The molecule has 17 heavy (non-hydrogen) atoms. The third-order valence-corrected chi connectivity index (χ3v) is 5.12. The molecule has 0 saturated heterocycles. The monoisotopic (exact) mass is 343 g/mol. The number of rotatable bonds is 3. The van der Waals surface area contributed by atoms with E-state index in [9.17, 15) is 0 Å². The van der Waals surface area contributed by atoms with Gasteiger partial charge < -0.3 is 5.32 Å². The van der Waals surface area contributed by atoms with Crippen LogP contribution >= 0.6 is 22.6 Å². The van der Waals surface area contributed by atoms with Crippen LogP contribution in [-0.2, 0) is 0 Å². The second-order valence-corrected chi connectivity index (χ2v) is 6.33. The van der Waals surface area contributed by atoms with Crippen LogP contribution < -0.4 is 5.32 Å². The van der Waals surface area contributed by atoms with Crippen LogP contribution in [-0.4, -0.2) is 6.04 Å². The van der Waals surface area contributed by atoms with Gasteiger partial charge in [-0.1, -0.05) is 32.3 Å². The highest BCUT2D eigenvalue weighted by molar-refractivity contribution is 14.1. The molecule has 0 aromatic heterocycles. The van der Waals surface area contributed by atoms with Gasteiger partial charge in [0.25, 0.3) is 0 Å².